The van der Waals surface area contributed by atoms with Gasteiger partial charge in [-0.15, -0.1) is 0 Å². The van der Waals surface area contributed by atoms with E-state index in [2.05, 4.69) is 15.5 Å². The second-order valence-electron chi connectivity index (χ2n) is 7.93. The SMILES string of the molecule is Cc1cccc(C)c1NC(=O)CNC(=O)[C@H](C(C)C)N1C[C@@H](C)O[C@H](C)C1. The number of anilines is 1. The molecule has 150 valence electrons. The molecule has 2 amide bonds. The van der Waals surface area contributed by atoms with E-state index in [0.29, 0.717) is 0 Å². The summed E-state index contributed by atoms with van der Waals surface area (Å²) < 4.78 is 5.78. The van der Waals surface area contributed by atoms with Crippen LogP contribution in [0.4, 0.5) is 5.69 Å². The molecule has 6 nitrogen and oxygen atoms in total. The lowest BCUT2D eigenvalue weighted by Gasteiger charge is -2.40. The van der Waals surface area contributed by atoms with Crippen molar-refractivity contribution in [1.29, 1.82) is 0 Å². The maximum absolute atomic E-state index is 12.8. The third-order valence-corrected chi connectivity index (χ3v) is 4.91. The molecule has 0 spiro atoms. The van der Waals surface area contributed by atoms with Gasteiger partial charge in [0.2, 0.25) is 11.8 Å². The van der Waals surface area contributed by atoms with Gasteiger partial charge >= 0.3 is 0 Å². The summed E-state index contributed by atoms with van der Waals surface area (Å²) in [4.78, 5) is 27.3. The van der Waals surface area contributed by atoms with E-state index in [0.717, 1.165) is 29.9 Å². The number of aryl methyl sites for hydroxylation is 2. The largest absolute Gasteiger partial charge is 0.373 e. The predicted molar refractivity (Wildman–Crippen MR) is 108 cm³/mol. The Hall–Kier alpha value is -1.92. The van der Waals surface area contributed by atoms with Gasteiger partial charge in [0.05, 0.1) is 24.8 Å². The van der Waals surface area contributed by atoms with Crippen LogP contribution in [-0.4, -0.2) is 54.6 Å². The van der Waals surface area contributed by atoms with Crippen molar-refractivity contribution in [2.24, 2.45) is 5.92 Å². The summed E-state index contributed by atoms with van der Waals surface area (Å²) in [7, 11) is 0. The van der Waals surface area contributed by atoms with Gasteiger partial charge < -0.3 is 15.4 Å². The molecule has 1 aromatic carbocycles. The van der Waals surface area contributed by atoms with Crippen molar-refractivity contribution in [3.05, 3.63) is 29.3 Å². The lowest BCUT2D eigenvalue weighted by Crippen LogP contribution is -2.57. The van der Waals surface area contributed by atoms with E-state index in [1.54, 1.807) is 0 Å². The number of rotatable bonds is 6. The Bertz CT molecular complexity index is 644. The standard InChI is InChI=1S/C21H33N3O3/c1-13(2)20(24-11-16(5)27-17(6)12-24)21(26)22-10-18(25)23-19-14(3)8-7-9-15(19)4/h7-9,13,16-17,20H,10-12H2,1-6H3,(H,22,26)(H,23,25)/t16-,17-,20+/m1/s1. The van der Waals surface area contributed by atoms with Crippen molar-refractivity contribution >= 4 is 17.5 Å². The van der Waals surface area contributed by atoms with Gasteiger partial charge in [-0.3, -0.25) is 14.5 Å². The number of para-hydroxylation sites is 1. The first-order chi connectivity index (χ1) is 12.7. The molecule has 0 aromatic heterocycles. The molecule has 0 radical (unpaired) electrons. The molecule has 2 rings (SSSR count). The normalized spacial score (nSPS) is 21.7. The number of hydrogen-bond donors (Lipinski definition) is 2. The van der Waals surface area contributed by atoms with E-state index < -0.39 is 0 Å². The Kier molecular flexibility index (Phi) is 7.39. The second kappa shape index (κ2) is 9.33. The molecule has 1 aromatic rings. The Morgan fingerprint density at radius 2 is 1.70 bits per heavy atom. The van der Waals surface area contributed by atoms with E-state index in [1.807, 2.05) is 59.7 Å². The predicted octanol–water partition coefficient (Wildman–Crippen LogP) is 2.49. The zero-order chi connectivity index (χ0) is 20.1. The summed E-state index contributed by atoms with van der Waals surface area (Å²) in [5.74, 6) is -0.181. The van der Waals surface area contributed by atoms with Crippen LogP contribution < -0.4 is 10.6 Å². The van der Waals surface area contributed by atoms with Gasteiger partial charge in [0.25, 0.3) is 0 Å². The summed E-state index contributed by atoms with van der Waals surface area (Å²) in [6.45, 7) is 13.4. The smallest absolute Gasteiger partial charge is 0.243 e. The van der Waals surface area contributed by atoms with Gasteiger partial charge in [-0.1, -0.05) is 32.0 Å². The van der Waals surface area contributed by atoms with Crippen molar-refractivity contribution < 1.29 is 14.3 Å². The van der Waals surface area contributed by atoms with Gasteiger partial charge in [0.1, 0.15) is 0 Å². The number of benzene rings is 1. The van der Waals surface area contributed by atoms with Crippen LogP contribution in [0.25, 0.3) is 0 Å². The Morgan fingerprint density at radius 1 is 1.15 bits per heavy atom. The summed E-state index contributed by atoms with van der Waals surface area (Å²) >= 11 is 0. The molecule has 0 unspecified atom stereocenters. The highest BCUT2D eigenvalue weighted by molar-refractivity contribution is 5.96. The summed E-state index contributed by atoms with van der Waals surface area (Å²) in [6, 6.07) is 5.60. The zero-order valence-electron chi connectivity index (χ0n) is 17.3. The van der Waals surface area contributed by atoms with Crippen LogP contribution in [0, 0.1) is 19.8 Å². The number of amides is 2. The number of nitrogens with one attached hydrogen (secondary N) is 2. The number of morpholine rings is 1. The van der Waals surface area contributed by atoms with Gasteiger partial charge in [-0.2, -0.15) is 0 Å². The number of nitrogens with zero attached hydrogens (tertiary/aromatic N) is 1. The van der Waals surface area contributed by atoms with Crippen molar-refractivity contribution in [3.8, 4) is 0 Å². The molecule has 2 N–H and O–H groups in total. The average molecular weight is 376 g/mol. The van der Waals surface area contributed by atoms with Crippen molar-refractivity contribution in [1.82, 2.24) is 10.2 Å². The maximum atomic E-state index is 12.8. The van der Waals surface area contributed by atoms with Crippen LogP contribution in [0.5, 0.6) is 0 Å². The van der Waals surface area contributed by atoms with Gasteiger partial charge in [0, 0.05) is 18.8 Å². The minimum absolute atomic E-state index is 0.0364. The highest BCUT2D eigenvalue weighted by atomic mass is 16.5. The van der Waals surface area contributed by atoms with E-state index >= 15 is 0 Å². The second-order valence-corrected chi connectivity index (χ2v) is 7.93. The Balaban J connectivity index is 1.96. The van der Waals surface area contributed by atoms with E-state index in [9.17, 15) is 9.59 Å². The highest BCUT2D eigenvalue weighted by Crippen LogP contribution is 2.20. The van der Waals surface area contributed by atoms with Crippen molar-refractivity contribution in [2.45, 2.75) is 59.8 Å². The molecule has 1 saturated heterocycles. The third kappa shape index (κ3) is 5.78. The molecule has 1 aliphatic heterocycles. The zero-order valence-corrected chi connectivity index (χ0v) is 17.3. The lowest BCUT2D eigenvalue weighted by atomic mass is 9.99. The van der Waals surface area contributed by atoms with Gasteiger partial charge in [-0.25, -0.2) is 0 Å². The topological polar surface area (TPSA) is 70.7 Å². The molecular formula is C21H33N3O3. The molecule has 0 bridgehead atoms. The monoisotopic (exact) mass is 375 g/mol. The molecule has 0 saturated carbocycles. The summed E-state index contributed by atoms with van der Waals surface area (Å²) in [5.41, 5.74) is 2.82. The number of carbonyl (C=O) groups excluding carboxylic acids is 2. The first-order valence-electron chi connectivity index (χ1n) is 9.72. The first kappa shape index (κ1) is 21.4. The quantitative estimate of drug-likeness (QED) is 0.801. The van der Waals surface area contributed by atoms with Crippen LogP contribution in [0.15, 0.2) is 18.2 Å². The number of carbonyl (C=O) groups is 2. The lowest BCUT2D eigenvalue weighted by molar-refractivity contribution is -0.136. The fourth-order valence-electron chi connectivity index (χ4n) is 3.80. The molecular weight excluding hydrogens is 342 g/mol. The molecule has 27 heavy (non-hydrogen) atoms. The average Bonchev–Trinajstić information content (AvgIpc) is 2.55. The molecule has 1 heterocycles. The van der Waals surface area contributed by atoms with Gasteiger partial charge in [0.15, 0.2) is 0 Å². The van der Waals surface area contributed by atoms with Crippen LogP contribution in [0.2, 0.25) is 0 Å². The van der Waals surface area contributed by atoms with Crippen molar-refractivity contribution in [3.63, 3.8) is 0 Å². The molecule has 0 aliphatic carbocycles. The third-order valence-electron chi connectivity index (χ3n) is 4.91. The van der Waals surface area contributed by atoms with E-state index in [4.69, 9.17) is 4.74 Å². The van der Waals surface area contributed by atoms with Crippen LogP contribution in [0.3, 0.4) is 0 Å². The van der Waals surface area contributed by atoms with E-state index in [1.165, 1.54) is 0 Å². The minimum Gasteiger partial charge on any atom is -0.373 e. The van der Waals surface area contributed by atoms with Crippen LogP contribution in [0.1, 0.15) is 38.8 Å². The Labute approximate surface area is 162 Å². The maximum Gasteiger partial charge on any atom is 0.243 e. The molecule has 1 fully saturated rings. The van der Waals surface area contributed by atoms with Crippen molar-refractivity contribution in [2.75, 3.05) is 25.0 Å². The number of ether oxygens (including phenoxy) is 1. The first-order valence-corrected chi connectivity index (χ1v) is 9.72. The van der Waals surface area contributed by atoms with Crippen LogP contribution in [-0.2, 0) is 14.3 Å². The van der Waals surface area contributed by atoms with Gasteiger partial charge in [-0.05, 0) is 44.7 Å². The van der Waals surface area contributed by atoms with Crippen LogP contribution >= 0.6 is 0 Å². The fraction of sp³-hybridized carbons (Fsp3) is 0.619. The molecule has 1 aliphatic rings. The minimum atomic E-state index is -0.271. The number of hydrogen-bond acceptors (Lipinski definition) is 4. The summed E-state index contributed by atoms with van der Waals surface area (Å²) in [5, 5.41) is 5.72. The fourth-order valence-corrected chi connectivity index (χ4v) is 3.80. The molecule has 3 atom stereocenters. The van der Waals surface area contributed by atoms with E-state index in [-0.39, 0.29) is 42.5 Å². The Morgan fingerprint density at radius 3 is 2.22 bits per heavy atom. The highest BCUT2D eigenvalue weighted by Gasteiger charge is 2.34. The molecule has 6 heteroatoms. The summed E-state index contributed by atoms with van der Waals surface area (Å²) in [6.07, 6.45) is 0.185.